The number of hydrogen-bond donors (Lipinski definition) is 2. The van der Waals surface area contributed by atoms with Gasteiger partial charge in [0.05, 0.1) is 6.54 Å². The van der Waals surface area contributed by atoms with Crippen molar-refractivity contribution in [3.8, 4) is 0 Å². The monoisotopic (exact) mass is 278 g/mol. The maximum absolute atomic E-state index is 12.0. The molecule has 0 spiro atoms. The van der Waals surface area contributed by atoms with Gasteiger partial charge in [0, 0.05) is 12.1 Å². The number of nitrogens with one attached hydrogen (secondary N) is 2. The lowest BCUT2D eigenvalue weighted by atomic mass is 10.1. The molecule has 0 bridgehead atoms. The van der Waals surface area contributed by atoms with Gasteiger partial charge < -0.3 is 10.6 Å². The molecule has 0 aromatic carbocycles. The van der Waals surface area contributed by atoms with Crippen molar-refractivity contribution in [2.45, 2.75) is 43.7 Å². The van der Waals surface area contributed by atoms with E-state index in [9.17, 15) is 31.1 Å². The van der Waals surface area contributed by atoms with Crippen LogP contribution in [0.2, 0.25) is 0 Å². The average molecular weight is 278 g/mol. The van der Waals surface area contributed by atoms with Crippen LogP contribution >= 0.6 is 0 Å². The third-order valence-electron chi connectivity index (χ3n) is 2.65. The summed E-state index contributed by atoms with van der Waals surface area (Å²) >= 11 is 0. The first-order chi connectivity index (χ1) is 8.09. The highest BCUT2D eigenvalue weighted by Crippen LogP contribution is 2.23. The van der Waals surface area contributed by atoms with Crippen molar-refractivity contribution in [1.29, 1.82) is 0 Å². The molecule has 0 aromatic rings. The fourth-order valence-electron chi connectivity index (χ4n) is 1.87. The molecule has 0 aliphatic heterocycles. The predicted molar refractivity (Wildman–Crippen MR) is 49.7 cm³/mol. The Balaban J connectivity index is 2.48. The molecule has 0 radical (unpaired) electrons. The Bertz CT molecular complexity index is 300. The van der Waals surface area contributed by atoms with Gasteiger partial charge in [0.2, 0.25) is 0 Å². The topological polar surface area (TPSA) is 41.1 Å². The van der Waals surface area contributed by atoms with Crippen LogP contribution in [0.25, 0.3) is 0 Å². The summed E-state index contributed by atoms with van der Waals surface area (Å²) in [6.07, 6.45) is -8.44. The first-order valence-electron chi connectivity index (χ1n) is 5.27. The minimum atomic E-state index is -5.02. The standard InChI is InChI=1S/C9H12F6N2O/c10-8(11,12)4-16-5-2-1-3-6(5)17-7(18)9(13,14)15/h5-6,16H,1-4H2,(H,17,18)/t5-,6-/m1/s1. The molecule has 0 saturated heterocycles. The average Bonchev–Trinajstić information content (AvgIpc) is 2.59. The second kappa shape index (κ2) is 5.33. The number of rotatable bonds is 3. The summed E-state index contributed by atoms with van der Waals surface area (Å²) < 4.78 is 71.9. The van der Waals surface area contributed by atoms with Crippen LogP contribution in [-0.2, 0) is 4.79 Å². The van der Waals surface area contributed by atoms with Crippen molar-refractivity contribution in [3.05, 3.63) is 0 Å². The van der Waals surface area contributed by atoms with Crippen LogP contribution in [0.15, 0.2) is 0 Å². The number of alkyl halides is 6. The van der Waals surface area contributed by atoms with Gasteiger partial charge in [-0.3, -0.25) is 4.79 Å². The van der Waals surface area contributed by atoms with Gasteiger partial charge in [0.25, 0.3) is 0 Å². The molecule has 3 nitrogen and oxygen atoms in total. The lowest BCUT2D eigenvalue weighted by molar-refractivity contribution is -0.174. The van der Waals surface area contributed by atoms with Crippen molar-refractivity contribution < 1.29 is 31.1 Å². The number of amides is 1. The van der Waals surface area contributed by atoms with Crippen LogP contribution in [0.3, 0.4) is 0 Å². The molecule has 1 fully saturated rings. The van der Waals surface area contributed by atoms with Crippen LogP contribution < -0.4 is 10.6 Å². The molecule has 9 heteroatoms. The highest BCUT2D eigenvalue weighted by atomic mass is 19.4. The molecule has 18 heavy (non-hydrogen) atoms. The molecule has 106 valence electrons. The number of carbonyl (C=O) groups excluding carboxylic acids is 1. The Morgan fingerprint density at radius 2 is 1.61 bits per heavy atom. The maximum atomic E-state index is 12.0. The molecule has 0 aromatic heterocycles. The number of hydrogen-bond acceptors (Lipinski definition) is 2. The van der Waals surface area contributed by atoms with E-state index in [1.54, 1.807) is 5.32 Å². The molecule has 1 saturated carbocycles. The molecule has 0 heterocycles. The zero-order valence-electron chi connectivity index (χ0n) is 9.16. The molecule has 1 aliphatic rings. The molecule has 2 atom stereocenters. The quantitative estimate of drug-likeness (QED) is 0.772. The molecule has 1 aliphatic carbocycles. The Hall–Kier alpha value is -0.990. The van der Waals surface area contributed by atoms with E-state index in [-0.39, 0.29) is 6.42 Å². The summed E-state index contributed by atoms with van der Waals surface area (Å²) in [5, 5.41) is 3.83. The van der Waals surface area contributed by atoms with Crippen molar-refractivity contribution in [3.63, 3.8) is 0 Å². The van der Waals surface area contributed by atoms with Crippen LogP contribution in [0.1, 0.15) is 19.3 Å². The van der Waals surface area contributed by atoms with Gasteiger partial charge in [-0.05, 0) is 19.3 Å². The lowest BCUT2D eigenvalue weighted by Crippen LogP contribution is -2.51. The fraction of sp³-hybridized carbons (Fsp3) is 0.889. The van der Waals surface area contributed by atoms with E-state index in [4.69, 9.17) is 0 Å². The Morgan fingerprint density at radius 1 is 1.06 bits per heavy atom. The van der Waals surface area contributed by atoms with E-state index in [2.05, 4.69) is 5.32 Å². The van der Waals surface area contributed by atoms with E-state index >= 15 is 0 Å². The number of halogens is 6. The first-order valence-corrected chi connectivity index (χ1v) is 5.27. The van der Waals surface area contributed by atoms with Crippen LogP contribution in [0.4, 0.5) is 26.3 Å². The molecule has 2 N–H and O–H groups in total. The lowest BCUT2D eigenvalue weighted by Gasteiger charge is -2.23. The largest absolute Gasteiger partial charge is 0.471 e. The zero-order chi connectivity index (χ0) is 14.0. The molecular weight excluding hydrogens is 266 g/mol. The van der Waals surface area contributed by atoms with Crippen LogP contribution in [-0.4, -0.2) is 36.9 Å². The van der Waals surface area contributed by atoms with Gasteiger partial charge in [0.1, 0.15) is 0 Å². The van der Waals surface area contributed by atoms with Crippen molar-refractivity contribution in [1.82, 2.24) is 10.6 Å². The highest BCUT2D eigenvalue weighted by Gasteiger charge is 2.42. The van der Waals surface area contributed by atoms with Gasteiger partial charge >= 0.3 is 18.3 Å². The van der Waals surface area contributed by atoms with E-state index in [1.165, 1.54) is 0 Å². The summed E-state index contributed by atoms with van der Waals surface area (Å²) in [5.74, 6) is -2.12. The maximum Gasteiger partial charge on any atom is 0.471 e. The van der Waals surface area contributed by atoms with Crippen molar-refractivity contribution in [2.75, 3.05) is 6.54 Å². The summed E-state index contributed by atoms with van der Waals surface area (Å²) in [6, 6.07) is -1.70. The van der Waals surface area contributed by atoms with Gasteiger partial charge in [-0.1, -0.05) is 0 Å². The molecule has 1 amide bonds. The predicted octanol–water partition coefficient (Wildman–Crippen LogP) is 1.74. The summed E-state index contributed by atoms with van der Waals surface area (Å²) in [4.78, 5) is 10.7. The van der Waals surface area contributed by atoms with Crippen molar-refractivity contribution in [2.24, 2.45) is 0 Å². The third-order valence-corrected chi connectivity index (χ3v) is 2.65. The third kappa shape index (κ3) is 4.71. The second-order valence-electron chi connectivity index (χ2n) is 4.11. The SMILES string of the molecule is O=C(N[C@@H]1CCC[C@H]1NCC(F)(F)F)C(F)(F)F. The van der Waals surface area contributed by atoms with Gasteiger partial charge in [-0.15, -0.1) is 0 Å². The Labute approximate surface area is 98.9 Å². The number of carbonyl (C=O) groups is 1. The zero-order valence-corrected chi connectivity index (χ0v) is 9.16. The van der Waals surface area contributed by atoms with Gasteiger partial charge in [-0.25, -0.2) is 0 Å². The molecular formula is C9H12F6N2O. The Kier molecular flexibility index (Phi) is 4.46. The summed E-state index contributed by atoms with van der Waals surface area (Å²) in [6.45, 7) is -1.28. The smallest absolute Gasteiger partial charge is 0.344 e. The van der Waals surface area contributed by atoms with Crippen molar-refractivity contribution >= 4 is 5.91 Å². The summed E-state index contributed by atoms with van der Waals surface area (Å²) in [5.41, 5.74) is 0. The first kappa shape index (κ1) is 15.1. The highest BCUT2D eigenvalue weighted by molar-refractivity contribution is 5.82. The van der Waals surface area contributed by atoms with E-state index in [1.807, 2.05) is 0 Å². The van der Waals surface area contributed by atoms with Crippen LogP contribution in [0, 0.1) is 0 Å². The van der Waals surface area contributed by atoms with E-state index < -0.39 is 36.9 Å². The minimum Gasteiger partial charge on any atom is -0.344 e. The minimum absolute atomic E-state index is 0.233. The van der Waals surface area contributed by atoms with Gasteiger partial charge in [-0.2, -0.15) is 26.3 Å². The normalized spacial score (nSPS) is 25.2. The molecule has 1 rings (SSSR count). The Morgan fingerprint density at radius 3 is 2.11 bits per heavy atom. The second-order valence-corrected chi connectivity index (χ2v) is 4.11. The summed E-state index contributed by atoms with van der Waals surface area (Å²) in [7, 11) is 0. The fourth-order valence-corrected chi connectivity index (χ4v) is 1.87. The molecule has 0 unspecified atom stereocenters. The van der Waals surface area contributed by atoms with E-state index in [0.717, 1.165) is 0 Å². The van der Waals surface area contributed by atoms with Crippen LogP contribution in [0.5, 0.6) is 0 Å². The van der Waals surface area contributed by atoms with Gasteiger partial charge in [0.15, 0.2) is 0 Å². The van der Waals surface area contributed by atoms with E-state index in [0.29, 0.717) is 12.8 Å².